The number of nitrogens with one attached hydrogen (secondary N) is 2. The molecule has 4 aromatic rings. The van der Waals surface area contributed by atoms with Crippen molar-refractivity contribution in [3.05, 3.63) is 66.7 Å². The van der Waals surface area contributed by atoms with Gasteiger partial charge in [0.25, 0.3) is 0 Å². The van der Waals surface area contributed by atoms with Crippen molar-refractivity contribution in [3.8, 4) is 0 Å². The van der Waals surface area contributed by atoms with Crippen molar-refractivity contribution in [2.45, 2.75) is 32.7 Å². The van der Waals surface area contributed by atoms with E-state index < -0.39 is 0 Å². The lowest BCUT2D eigenvalue weighted by molar-refractivity contribution is 0.663. The predicted octanol–water partition coefficient (Wildman–Crippen LogP) is 3.26. The largest absolute Gasteiger partial charge is 0.357 e. The number of hydrogen-bond acceptors (Lipinski definition) is 3. The molecular formula is C23H29N7. The number of para-hydroxylation sites is 1. The fourth-order valence-electron chi connectivity index (χ4n) is 3.62. The molecule has 3 heterocycles. The summed E-state index contributed by atoms with van der Waals surface area (Å²) >= 11 is 0. The lowest BCUT2D eigenvalue weighted by Gasteiger charge is -2.11. The Labute approximate surface area is 176 Å². The quantitative estimate of drug-likeness (QED) is 0.256. The summed E-state index contributed by atoms with van der Waals surface area (Å²) in [6, 6.07) is 16.6. The van der Waals surface area contributed by atoms with Crippen molar-refractivity contribution < 1.29 is 0 Å². The van der Waals surface area contributed by atoms with E-state index in [-0.39, 0.29) is 0 Å². The Hall–Kier alpha value is -3.35. The summed E-state index contributed by atoms with van der Waals surface area (Å²) in [5.74, 6) is 1.87. The van der Waals surface area contributed by atoms with E-state index in [1.165, 1.54) is 10.9 Å². The summed E-state index contributed by atoms with van der Waals surface area (Å²) in [7, 11) is 0. The number of benzene rings is 1. The van der Waals surface area contributed by atoms with E-state index in [0.29, 0.717) is 0 Å². The van der Waals surface area contributed by atoms with E-state index in [9.17, 15) is 0 Å². The van der Waals surface area contributed by atoms with Crippen LogP contribution in [0.25, 0.3) is 16.6 Å². The Bertz CT molecular complexity index is 1110. The average Bonchev–Trinajstić information content (AvgIpc) is 3.38. The number of guanidine groups is 1. The summed E-state index contributed by atoms with van der Waals surface area (Å²) in [5, 5.41) is 16.5. The first-order valence-electron chi connectivity index (χ1n) is 10.7. The van der Waals surface area contributed by atoms with Gasteiger partial charge in [-0.1, -0.05) is 24.3 Å². The number of aromatic nitrogens is 4. The van der Waals surface area contributed by atoms with Gasteiger partial charge in [-0.3, -0.25) is 9.39 Å². The van der Waals surface area contributed by atoms with Crippen LogP contribution in [-0.2, 0) is 13.0 Å². The van der Waals surface area contributed by atoms with Gasteiger partial charge in [0, 0.05) is 50.5 Å². The van der Waals surface area contributed by atoms with Crippen molar-refractivity contribution in [2.75, 3.05) is 19.6 Å². The molecule has 0 fully saturated rings. The van der Waals surface area contributed by atoms with Gasteiger partial charge in [0.1, 0.15) is 5.82 Å². The SMILES string of the molecule is CCNC(=NCCCn1ccc2ccccc21)NCCCc1nnc2ccccn12. The Morgan fingerprint density at radius 1 is 0.967 bits per heavy atom. The number of aryl methyl sites for hydroxylation is 2. The number of aliphatic imine (C=N–C) groups is 1. The monoisotopic (exact) mass is 403 g/mol. The minimum atomic E-state index is 0.788. The van der Waals surface area contributed by atoms with Gasteiger partial charge in [0.2, 0.25) is 0 Å². The first-order chi connectivity index (χ1) is 14.8. The lowest BCUT2D eigenvalue weighted by atomic mass is 10.2. The van der Waals surface area contributed by atoms with Gasteiger partial charge in [-0.15, -0.1) is 10.2 Å². The van der Waals surface area contributed by atoms with Gasteiger partial charge in [-0.2, -0.15) is 0 Å². The van der Waals surface area contributed by atoms with Gasteiger partial charge in [-0.25, -0.2) is 0 Å². The Kier molecular flexibility index (Phi) is 6.59. The van der Waals surface area contributed by atoms with Crippen molar-refractivity contribution in [1.29, 1.82) is 0 Å². The van der Waals surface area contributed by atoms with E-state index >= 15 is 0 Å². The molecule has 3 aromatic heterocycles. The maximum atomic E-state index is 4.73. The molecule has 7 nitrogen and oxygen atoms in total. The van der Waals surface area contributed by atoms with Crippen LogP contribution >= 0.6 is 0 Å². The summed E-state index contributed by atoms with van der Waals surface area (Å²) in [6.45, 7) is 5.54. The molecule has 0 aliphatic heterocycles. The maximum Gasteiger partial charge on any atom is 0.191 e. The van der Waals surface area contributed by atoms with Crippen molar-refractivity contribution in [2.24, 2.45) is 4.99 Å². The first kappa shape index (κ1) is 19.9. The molecule has 0 aliphatic rings. The minimum Gasteiger partial charge on any atom is -0.357 e. The molecule has 1 aromatic carbocycles. The molecule has 0 bridgehead atoms. The Morgan fingerprint density at radius 3 is 2.80 bits per heavy atom. The third-order valence-electron chi connectivity index (χ3n) is 5.11. The summed E-state index contributed by atoms with van der Waals surface area (Å²) in [6.07, 6.45) is 7.01. The highest BCUT2D eigenvalue weighted by atomic mass is 15.2. The van der Waals surface area contributed by atoms with Crippen LogP contribution < -0.4 is 10.6 Å². The van der Waals surface area contributed by atoms with E-state index in [4.69, 9.17) is 4.99 Å². The standard InChI is InChI=1S/C23H29N7/c1-2-24-23(25-14-7-12-22-28-27-21-11-5-6-17-30(21)22)26-15-8-16-29-18-13-19-9-3-4-10-20(19)29/h3-6,9-11,13,17-18H,2,7-8,12,14-16H2,1H3,(H2,24,25,26). The smallest absolute Gasteiger partial charge is 0.191 e. The molecule has 0 saturated heterocycles. The molecule has 0 unspecified atom stereocenters. The van der Waals surface area contributed by atoms with Crippen LogP contribution in [0.1, 0.15) is 25.6 Å². The maximum absolute atomic E-state index is 4.73. The van der Waals surface area contributed by atoms with Crippen LogP contribution in [0, 0.1) is 0 Å². The van der Waals surface area contributed by atoms with Crippen LogP contribution in [0.4, 0.5) is 0 Å². The van der Waals surface area contributed by atoms with Crippen LogP contribution in [0.3, 0.4) is 0 Å². The summed E-state index contributed by atoms with van der Waals surface area (Å²) in [4.78, 5) is 4.73. The zero-order valence-corrected chi connectivity index (χ0v) is 17.5. The zero-order chi connectivity index (χ0) is 20.6. The Morgan fingerprint density at radius 2 is 1.87 bits per heavy atom. The predicted molar refractivity (Wildman–Crippen MR) is 122 cm³/mol. The van der Waals surface area contributed by atoms with Crippen molar-refractivity contribution in [1.82, 2.24) is 29.8 Å². The van der Waals surface area contributed by atoms with Gasteiger partial charge in [-0.05, 0) is 49.4 Å². The molecule has 0 atom stereocenters. The van der Waals surface area contributed by atoms with Crippen molar-refractivity contribution >= 4 is 22.5 Å². The highest BCUT2D eigenvalue weighted by Gasteiger charge is 2.04. The van der Waals surface area contributed by atoms with Gasteiger partial charge >= 0.3 is 0 Å². The Balaban J connectivity index is 1.23. The molecule has 30 heavy (non-hydrogen) atoms. The second-order valence-electron chi connectivity index (χ2n) is 7.26. The molecule has 0 aliphatic carbocycles. The molecule has 0 radical (unpaired) electrons. The van der Waals surface area contributed by atoms with E-state index in [2.05, 4.69) is 68.9 Å². The summed E-state index contributed by atoms with van der Waals surface area (Å²) in [5.41, 5.74) is 2.18. The van der Waals surface area contributed by atoms with Crippen molar-refractivity contribution in [3.63, 3.8) is 0 Å². The second kappa shape index (κ2) is 9.91. The molecule has 4 rings (SSSR count). The van der Waals surface area contributed by atoms with E-state index in [0.717, 1.165) is 62.9 Å². The number of pyridine rings is 1. The van der Waals surface area contributed by atoms with Crippen LogP contribution in [0.15, 0.2) is 65.9 Å². The lowest BCUT2D eigenvalue weighted by Crippen LogP contribution is -2.38. The highest BCUT2D eigenvalue weighted by Crippen LogP contribution is 2.15. The molecule has 0 amide bonds. The van der Waals surface area contributed by atoms with Crippen LogP contribution in [-0.4, -0.2) is 44.8 Å². The number of nitrogens with zero attached hydrogens (tertiary/aromatic N) is 5. The normalized spacial score (nSPS) is 12.0. The van der Waals surface area contributed by atoms with E-state index in [1.54, 1.807) is 0 Å². The molecular weight excluding hydrogens is 374 g/mol. The van der Waals surface area contributed by atoms with E-state index in [1.807, 2.05) is 28.8 Å². The number of fused-ring (bicyclic) bond motifs is 2. The molecule has 156 valence electrons. The zero-order valence-electron chi connectivity index (χ0n) is 17.5. The fraction of sp³-hybridized carbons (Fsp3) is 0.348. The second-order valence-corrected chi connectivity index (χ2v) is 7.26. The molecule has 2 N–H and O–H groups in total. The number of hydrogen-bond donors (Lipinski definition) is 2. The van der Waals surface area contributed by atoms with Gasteiger partial charge in [0.05, 0.1) is 0 Å². The molecule has 0 saturated carbocycles. The first-order valence-corrected chi connectivity index (χ1v) is 10.7. The van der Waals surface area contributed by atoms with Crippen LogP contribution in [0.5, 0.6) is 0 Å². The van der Waals surface area contributed by atoms with Crippen LogP contribution in [0.2, 0.25) is 0 Å². The molecule has 0 spiro atoms. The highest BCUT2D eigenvalue weighted by molar-refractivity contribution is 5.80. The summed E-state index contributed by atoms with van der Waals surface area (Å²) < 4.78 is 4.35. The fourth-order valence-corrected chi connectivity index (χ4v) is 3.62. The topological polar surface area (TPSA) is 71.5 Å². The molecule has 7 heteroatoms. The third-order valence-corrected chi connectivity index (χ3v) is 5.11. The minimum absolute atomic E-state index is 0.788. The number of rotatable bonds is 9. The average molecular weight is 404 g/mol. The van der Waals surface area contributed by atoms with Gasteiger partial charge < -0.3 is 15.2 Å². The van der Waals surface area contributed by atoms with Gasteiger partial charge in [0.15, 0.2) is 11.6 Å². The third kappa shape index (κ3) is 4.79.